The van der Waals surface area contributed by atoms with Gasteiger partial charge in [-0.05, 0) is 62.9 Å². The molecule has 3 aliphatic heterocycles. The molecule has 29 heavy (non-hydrogen) atoms. The largest absolute Gasteiger partial charge is 0.312 e. The van der Waals surface area contributed by atoms with E-state index in [4.69, 9.17) is 0 Å². The molecule has 7 heteroatoms. The molecule has 0 radical (unpaired) electrons. The van der Waals surface area contributed by atoms with Crippen molar-refractivity contribution in [3.63, 3.8) is 0 Å². The second-order valence-corrected chi connectivity index (χ2v) is 11.1. The maximum atomic E-state index is 13.7. The van der Waals surface area contributed by atoms with Gasteiger partial charge in [0.15, 0.2) is 0 Å². The summed E-state index contributed by atoms with van der Waals surface area (Å²) in [4.78, 5) is 17.9. The van der Waals surface area contributed by atoms with Crippen LogP contribution in [0.15, 0.2) is 24.3 Å². The minimum atomic E-state index is -3.31. The minimum absolute atomic E-state index is 0.118. The molecule has 3 heterocycles. The maximum Gasteiger partial charge on any atom is 0.232 e. The number of nitrogens with zero attached hydrogens (tertiary/aromatic N) is 3. The third kappa shape index (κ3) is 3.84. The summed E-state index contributed by atoms with van der Waals surface area (Å²) in [6.07, 6.45) is 4.18. The number of hydrogen-bond donors (Lipinski definition) is 0. The molecule has 160 valence electrons. The summed E-state index contributed by atoms with van der Waals surface area (Å²) in [6.45, 7) is 5.39. The average molecular weight is 420 g/mol. The van der Waals surface area contributed by atoms with Crippen LogP contribution in [0.25, 0.3) is 0 Å². The van der Waals surface area contributed by atoms with Gasteiger partial charge in [0.05, 0.1) is 11.7 Å². The lowest BCUT2D eigenvalue weighted by molar-refractivity contribution is -0.125. The number of para-hydroxylation sites is 1. The van der Waals surface area contributed by atoms with Crippen molar-refractivity contribution in [3.05, 3.63) is 29.8 Å². The second kappa shape index (κ2) is 8.00. The average Bonchev–Trinajstić information content (AvgIpc) is 3.31. The normalized spacial score (nSPS) is 24.9. The Bertz CT molecular complexity index is 862. The summed E-state index contributed by atoms with van der Waals surface area (Å²) < 4.78 is 27.6. The van der Waals surface area contributed by atoms with Crippen molar-refractivity contribution in [2.45, 2.75) is 39.0 Å². The fourth-order valence-electron chi connectivity index (χ4n) is 5.26. The van der Waals surface area contributed by atoms with Crippen LogP contribution < -0.4 is 4.90 Å². The minimum Gasteiger partial charge on any atom is -0.312 e. The fraction of sp³-hybridized carbons (Fsp3) is 0.682. The van der Waals surface area contributed by atoms with Crippen LogP contribution in [-0.2, 0) is 21.2 Å². The first-order valence-electron chi connectivity index (χ1n) is 10.9. The van der Waals surface area contributed by atoms with Crippen molar-refractivity contribution >= 4 is 21.6 Å². The maximum absolute atomic E-state index is 13.7. The number of rotatable bonds is 5. The Morgan fingerprint density at radius 1 is 1.17 bits per heavy atom. The molecular weight excluding hydrogens is 386 g/mol. The van der Waals surface area contributed by atoms with Crippen LogP contribution in [0.1, 0.15) is 38.2 Å². The van der Waals surface area contributed by atoms with Crippen molar-refractivity contribution in [1.82, 2.24) is 9.21 Å². The Hall–Kier alpha value is -1.44. The van der Waals surface area contributed by atoms with Gasteiger partial charge in [0.2, 0.25) is 15.9 Å². The SMILES string of the molecule is CCCCS(=O)(=O)N1CC(C(=O)N2CCc3ccccc32)C2(CCN(C)CC2)C1. The van der Waals surface area contributed by atoms with Crippen molar-refractivity contribution in [3.8, 4) is 0 Å². The zero-order chi connectivity index (χ0) is 20.6. The summed E-state index contributed by atoms with van der Waals surface area (Å²) in [5.74, 6) is 0.0545. The van der Waals surface area contributed by atoms with Crippen molar-refractivity contribution < 1.29 is 13.2 Å². The lowest BCUT2D eigenvalue weighted by Crippen LogP contribution is -2.48. The zero-order valence-corrected chi connectivity index (χ0v) is 18.5. The van der Waals surface area contributed by atoms with E-state index in [0.29, 0.717) is 26.1 Å². The zero-order valence-electron chi connectivity index (χ0n) is 17.6. The molecule has 2 fully saturated rings. The van der Waals surface area contributed by atoms with Crippen LogP contribution in [-0.4, -0.2) is 69.1 Å². The van der Waals surface area contributed by atoms with Crippen LogP contribution in [0.5, 0.6) is 0 Å². The van der Waals surface area contributed by atoms with Gasteiger partial charge in [-0.25, -0.2) is 12.7 Å². The van der Waals surface area contributed by atoms with Crippen LogP contribution in [0.4, 0.5) is 5.69 Å². The first kappa shape index (κ1) is 20.8. The van der Waals surface area contributed by atoms with E-state index in [0.717, 1.165) is 44.5 Å². The number of piperidine rings is 1. The third-order valence-corrected chi connectivity index (χ3v) is 9.07. The molecule has 1 aromatic rings. The molecule has 0 aliphatic carbocycles. The first-order chi connectivity index (χ1) is 13.9. The van der Waals surface area contributed by atoms with Gasteiger partial charge in [0, 0.05) is 25.3 Å². The van der Waals surface area contributed by atoms with Gasteiger partial charge in [0.25, 0.3) is 0 Å². The van der Waals surface area contributed by atoms with Crippen LogP contribution in [0, 0.1) is 11.3 Å². The summed E-state index contributed by atoms with van der Waals surface area (Å²) in [6, 6.07) is 8.10. The Morgan fingerprint density at radius 3 is 2.62 bits per heavy atom. The summed E-state index contributed by atoms with van der Waals surface area (Å²) in [5.41, 5.74) is 1.98. The molecule has 1 unspecified atom stereocenters. The molecule has 0 aromatic heterocycles. The van der Waals surface area contributed by atoms with Crippen molar-refractivity contribution in [1.29, 1.82) is 0 Å². The lowest BCUT2D eigenvalue weighted by atomic mass is 9.70. The quantitative estimate of drug-likeness (QED) is 0.735. The van der Waals surface area contributed by atoms with E-state index in [-0.39, 0.29) is 23.0 Å². The summed E-state index contributed by atoms with van der Waals surface area (Å²) >= 11 is 0. The highest BCUT2D eigenvalue weighted by Crippen LogP contribution is 2.47. The number of anilines is 1. The Kier molecular flexibility index (Phi) is 5.75. The molecule has 6 nitrogen and oxygen atoms in total. The van der Waals surface area contributed by atoms with Gasteiger partial charge in [-0.1, -0.05) is 31.5 Å². The van der Waals surface area contributed by atoms with Gasteiger partial charge >= 0.3 is 0 Å². The van der Waals surface area contributed by atoms with Gasteiger partial charge in [-0.3, -0.25) is 4.79 Å². The van der Waals surface area contributed by atoms with Crippen molar-refractivity contribution in [2.24, 2.45) is 11.3 Å². The van der Waals surface area contributed by atoms with Gasteiger partial charge in [-0.15, -0.1) is 0 Å². The number of amides is 1. The van der Waals surface area contributed by atoms with E-state index in [1.807, 2.05) is 30.0 Å². The predicted molar refractivity (Wildman–Crippen MR) is 115 cm³/mol. The molecule has 1 spiro atoms. The van der Waals surface area contributed by atoms with E-state index < -0.39 is 10.0 Å². The number of benzene rings is 1. The van der Waals surface area contributed by atoms with Gasteiger partial charge < -0.3 is 9.80 Å². The molecule has 2 saturated heterocycles. The molecular formula is C22H33N3O3S. The molecule has 1 atom stereocenters. The number of likely N-dealkylation sites (tertiary alicyclic amines) is 1. The van der Waals surface area contributed by atoms with Crippen LogP contribution >= 0.6 is 0 Å². The Balaban J connectivity index is 1.62. The summed E-state index contributed by atoms with van der Waals surface area (Å²) in [5, 5.41) is 0. The van der Waals surface area contributed by atoms with Crippen LogP contribution in [0.2, 0.25) is 0 Å². The molecule has 3 aliphatic rings. The number of fused-ring (bicyclic) bond motifs is 1. The molecule has 4 rings (SSSR count). The highest BCUT2D eigenvalue weighted by atomic mass is 32.2. The molecule has 0 bridgehead atoms. The van der Waals surface area contributed by atoms with E-state index in [9.17, 15) is 13.2 Å². The lowest BCUT2D eigenvalue weighted by Gasteiger charge is -2.41. The Morgan fingerprint density at radius 2 is 1.90 bits per heavy atom. The van der Waals surface area contributed by atoms with E-state index in [1.165, 1.54) is 5.56 Å². The van der Waals surface area contributed by atoms with E-state index in [1.54, 1.807) is 4.31 Å². The highest BCUT2D eigenvalue weighted by Gasteiger charge is 2.54. The smallest absolute Gasteiger partial charge is 0.232 e. The fourth-order valence-corrected chi connectivity index (χ4v) is 7.00. The number of unbranched alkanes of at least 4 members (excludes halogenated alkanes) is 1. The highest BCUT2D eigenvalue weighted by molar-refractivity contribution is 7.89. The van der Waals surface area contributed by atoms with E-state index in [2.05, 4.69) is 18.0 Å². The van der Waals surface area contributed by atoms with Crippen LogP contribution in [0.3, 0.4) is 0 Å². The molecule has 1 amide bonds. The monoisotopic (exact) mass is 419 g/mol. The number of carbonyl (C=O) groups is 1. The number of carbonyl (C=O) groups excluding carboxylic acids is 1. The predicted octanol–water partition coefficient (Wildman–Crippen LogP) is 2.35. The first-order valence-corrected chi connectivity index (χ1v) is 12.5. The second-order valence-electron chi connectivity index (χ2n) is 9.05. The van der Waals surface area contributed by atoms with Gasteiger partial charge in [0.1, 0.15) is 0 Å². The molecule has 0 N–H and O–H groups in total. The van der Waals surface area contributed by atoms with E-state index >= 15 is 0 Å². The Labute approximate surface area is 174 Å². The number of sulfonamides is 1. The number of hydrogen-bond acceptors (Lipinski definition) is 4. The summed E-state index contributed by atoms with van der Waals surface area (Å²) in [7, 11) is -1.21. The standard InChI is InChI=1S/C22H33N3O3S/c1-3-4-15-29(27,28)24-16-19(22(17-24)10-13-23(2)14-11-22)21(26)25-12-9-18-7-5-6-8-20(18)25/h5-8,19H,3-4,9-17H2,1-2H3. The van der Waals surface area contributed by atoms with Gasteiger partial charge in [-0.2, -0.15) is 0 Å². The third-order valence-electron chi connectivity index (χ3n) is 7.20. The molecule has 1 aromatic carbocycles. The van der Waals surface area contributed by atoms with Crippen molar-refractivity contribution in [2.75, 3.05) is 50.4 Å². The molecule has 0 saturated carbocycles. The topological polar surface area (TPSA) is 60.9 Å².